The van der Waals surface area contributed by atoms with Gasteiger partial charge < -0.3 is 10.4 Å². The molecule has 0 bridgehead atoms. The third kappa shape index (κ3) is 1.32. The lowest BCUT2D eigenvalue weighted by atomic mass is 9.82. The van der Waals surface area contributed by atoms with Crippen LogP contribution in [0.2, 0.25) is 0 Å². The van der Waals surface area contributed by atoms with Crippen molar-refractivity contribution in [2.75, 3.05) is 13.1 Å². The zero-order valence-corrected chi connectivity index (χ0v) is 7.16. The second kappa shape index (κ2) is 3.04. The van der Waals surface area contributed by atoms with Crippen LogP contribution in [0, 0.1) is 5.92 Å². The van der Waals surface area contributed by atoms with E-state index in [1.807, 2.05) is 12.2 Å². The van der Waals surface area contributed by atoms with Gasteiger partial charge in [0.15, 0.2) is 0 Å². The first-order valence-corrected chi connectivity index (χ1v) is 4.58. The molecule has 2 rings (SSSR count). The molecule has 66 valence electrons. The lowest BCUT2D eigenvalue weighted by molar-refractivity contribution is 0.0199. The van der Waals surface area contributed by atoms with E-state index in [0.717, 1.165) is 25.9 Å². The summed E-state index contributed by atoms with van der Waals surface area (Å²) >= 11 is 0. The predicted octanol–water partition coefficient (Wildman–Crippen LogP) is 0.843. The summed E-state index contributed by atoms with van der Waals surface area (Å²) in [7, 11) is 0. The molecular weight excluding hydrogens is 150 g/mol. The highest BCUT2D eigenvalue weighted by Gasteiger charge is 2.37. The summed E-state index contributed by atoms with van der Waals surface area (Å²) in [5.74, 6) is 0.317. The molecule has 1 aliphatic carbocycles. The molecule has 12 heavy (non-hydrogen) atoms. The first kappa shape index (κ1) is 8.02. The summed E-state index contributed by atoms with van der Waals surface area (Å²) in [6.07, 6.45) is 10.2. The Bertz CT molecular complexity index is 214. The third-order valence-corrected chi connectivity index (χ3v) is 2.84. The average molecular weight is 165 g/mol. The molecule has 1 aliphatic heterocycles. The van der Waals surface area contributed by atoms with Crippen LogP contribution in [-0.2, 0) is 0 Å². The summed E-state index contributed by atoms with van der Waals surface area (Å²) in [5.41, 5.74) is -0.485. The molecule has 2 N–H and O–H groups in total. The minimum absolute atomic E-state index is 0.317. The largest absolute Gasteiger partial charge is 0.388 e. The zero-order valence-electron chi connectivity index (χ0n) is 7.16. The normalized spacial score (nSPS) is 40.6. The van der Waals surface area contributed by atoms with Crippen LogP contribution in [0.1, 0.15) is 12.8 Å². The number of β-amino-alcohol motifs (C(OH)–C–C–N with tert-alkyl or cyclic N) is 1. The monoisotopic (exact) mass is 165 g/mol. The Labute approximate surface area is 73.0 Å². The smallest absolute Gasteiger partial charge is 0.0848 e. The summed E-state index contributed by atoms with van der Waals surface area (Å²) in [4.78, 5) is 0. The first-order chi connectivity index (χ1) is 5.81. The van der Waals surface area contributed by atoms with Crippen LogP contribution in [0.15, 0.2) is 24.3 Å². The topological polar surface area (TPSA) is 32.3 Å². The van der Waals surface area contributed by atoms with Crippen LogP contribution in [0.3, 0.4) is 0 Å². The molecule has 0 aromatic carbocycles. The maximum Gasteiger partial charge on any atom is 0.0848 e. The second-order valence-corrected chi connectivity index (χ2v) is 3.69. The Morgan fingerprint density at radius 1 is 1.42 bits per heavy atom. The summed E-state index contributed by atoms with van der Waals surface area (Å²) < 4.78 is 0. The van der Waals surface area contributed by atoms with Gasteiger partial charge in [0.25, 0.3) is 0 Å². The molecule has 0 aromatic rings. The molecule has 2 atom stereocenters. The van der Waals surface area contributed by atoms with Crippen LogP contribution < -0.4 is 5.32 Å². The van der Waals surface area contributed by atoms with Crippen LogP contribution in [-0.4, -0.2) is 23.8 Å². The fraction of sp³-hybridized carbons (Fsp3) is 0.600. The van der Waals surface area contributed by atoms with Gasteiger partial charge in [-0.05, 0) is 19.4 Å². The lowest BCUT2D eigenvalue weighted by Crippen LogP contribution is -2.39. The van der Waals surface area contributed by atoms with E-state index in [4.69, 9.17) is 0 Å². The van der Waals surface area contributed by atoms with Gasteiger partial charge in [0.05, 0.1) is 5.60 Å². The predicted molar refractivity (Wildman–Crippen MR) is 48.8 cm³/mol. The van der Waals surface area contributed by atoms with Crippen molar-refractivity contribution in [1.29, 1.82) is 0 Å². The van der Waals surface area contributed by atoms with Crippen LogP contribution in [0.4, 0.5) is 0 Å². The molecule has 2 nitrogen and oxygen atoms in total. The number of nitrogens with one attached hydrogen (secondary N) is 1. The molecule has 1 unspecified atom stereocenters. The molecule has 1 heterocycles. The second-order valence-electron chi connectivity index (χ2n) is 3.69. The Hall–Kier alpha value is -0.600. The fourth-order valence-electron chi connectivity index (χ4n) is 1.99. The molecule has 1 saturated heterocycles. The van der Waals surface area contributed by atoms with E-state index in [0.29, 0.717) is 5.92 Å². The van der Waals surface area contributed by atoms with E-state index in [-0.39, 0.29) is 0 Å². The number of aliphatic hydroxyl groups is 1. The van der Waals surface area contributed by atoms with Gasteiger partial charge in [-0.1, -0.05) is 24.3 Å². The number of hydrogen-bond acceptors (Lipinski definition) is 2. The molecule has 0 amide bonds. The van der Waals surface area contributed by atoms with Crippen molar-refractivity contribution < 1.29 is 5.11 Å². The molecule has 0 aromatic heterocycles. The van der Waals surface area contributed by atoms with E-state index < -0.39 is 5.60 Å². The van der Waals surface area contributed by atoms with Gasteiger partial charge in [-0.3, -0.25) is 0 Å². The van der Waals surface area contributed by atoms with Crippen molar-refractivity contribution in [2.45, 2.75) is 18.4 Å². The van der Waals surface area contributed by atoms with Gasteiger partial charge in [0.2, 0.25) is 0 Å². The highest BCUT2D eigenvalue weighted by Crippen LogP contribution is 2.30. The van der Waals surface area contributed by atoms with Gasteiger partial charge in [-0.25, -0.2) is 0 Å². The summed E-state index contributed by atoms with van der Waals surface area (Å²) in [5, 5.41) is 13.4. The molecule has 0 spiro atoms. The SMILES string of the molecule is O[C@]1(C2C=CC=CC2)CCNC1. The van der Waals surface area contributed by atoms with E-state index in [1.54, 1.807) is 0 Å². The molecule has 1 fully saturated rings. The number of hydrogen-bond donors (Lipinski definition) is 2. The standard InChI is InChI=1S/C10H15NO/c12-10(6-7-11-8-10)9-4-2-1-3-5-9/h1-4,9,11-12H,5-8H2/t9?,10-/m1/s1. The van der Waals surface area contributed by atoms with E-state index in [9.17, 15) is 5.11 Å². The Balaban J connectivity index is 2.07. The average Bonchev–Trinajstić information content (AvgIpc) is 2.55. The van der Waals surface area contributed by atoms with Crippen molar-refractivity contribution >= 4 is 0 Å². The third-order valence-electron chi connectivity index (χ3n) is 2.84. The van der Waals surface area contributed by atoms with E-state index in [2.05, 4.69) is 17.5 Å². The van der Waals surface area contributed by atoms with Gasteiger partial charge >= 0.3 is 0 Å². The fourth-order valence-corrected chi connectivity index (χ4v) is 1.99. The molecule has 2 aliphatic rings. The van der Waals surface area contributed by atoms with Gasteiger partial charge in [0, 0.05) is 12.5 Å². The van der Waals surface area contributed by atoms with Crippen molar-refractivity contribution in [3.05, 3.63) is 24.3 Å². The van der Waals surface area contributed by atoms with Gasteiger partial charge in [-0.15, -0.1) is 0 Å². The summed E-state index contributed by atoms with van der Waals surface area (Å²) in [6.45, 7) is 1.69. The van der Waals surface area contributed by atoms with Crippen LogP contribution in [0.25, 0.3) is 0 Å². The highest BCUT2D eigenvalue weighted by atomic mass is 16.3. The Kier molecular flexibility index (Phi) is 2.03. The van der Waals surface area contributed by atoms with Crippen molar-refractivity contribution in [3.8, 4) is 0 Å². The number of allylic oxidation sites excluding steroid dienone is 3. The van der Waals surface area contributed by atoms with E-state index in [1.165, 1.54) is 0 Å². The van der Waals surface area contributed by atoms with Gasteiger partial charge in [-0.2, -0.15) is 0 Å². The quantitative estimate of drug-likeness (QED) is 0.603. The molecule has 0 saturated carbocycles. The van der Waals surface area contributed by atoms with Crippen LogP contribution in [0.5, 0.6) is 0 Å². The molecular formula is C10H15NO. The Morgan fingerprint density at radius 2 is 2.33 bits per heavy atom. The Morgan fingerprint density at radius 3 is 2.92 bits per heavy atom. The highest BCUT2D eigenvalue weighted by molar-refractivity contribution is 5.15. The summed E-state index contributed by atoms with van der Waals surface area (Å²) in [6, 6.07) is 0. The zero-order chi connectivity index (χ0) is 8.44. The van der Waals surface area contributed by atoms with E-state index >= 15 is 0 Å². The number of rotatable bonds is 1. The molecule has 2 heteroatoms. The van der Waals surface area contributed by atoms with Crippen molar-refractivity contribution in [2.24, 2.45) is 5.92 Å². The minimum Gasteiger partial charge on any atom is -0.388 e. The lowest BCUT2D eigenvalue weighted by Gasteiger charge is -2.30. The van der Waals surface area contributed by atoms with Gasteiger partial charge in [0.1, 0.15) is 0 Å². The minimum atomic E-state index is -0.485. The first-order valence-electron chi connectivity index (χ1n) is 4.58. The van der Waals surface area contributed by atoms with Crippen molar-refractivity contribution in [3.63, 3.8) is 0 Å². The van der Waals surface area contributed by atoms with Crippen molar-refractivity contribution in [1.82, 2.24) is 5.32 Å². The maximum atomic E-state index is 10.2. The maximum absolute atomic E-state index is 10.2. The molecule has 0 radical (unpaired) electrons. The van der Waals surface area contributed by atoms with Crippen LogP contribution >= 0.6 is 0 Å².